The second-order valence-corrected chi connectivity index (χ2v) is 7.17. The van der Waals surface area contributed by atoms with Gasteiger partial charge in [-0.3, -0.25) is 14.4 Å². The van der Waals surface area contributed by atoms with Crippen molar-refractivity contribution in [1.82, 2.24) is 0 Å². The van der Waals surface area contributed by atoms with Crippen molar-refractivity contribution >= 4 is 40.5 Å². The van der Waals surface area contributed by atoms with Gasteiger partial charge >= 0.3 is 5.97 Å². The summed E-state index contributed by atoms with van der Waals surface area (Å²) in [7, 11) is 0. The maximum Gasteiger partial charge on any atom is 0.306 e. The number of esters is 1. The Bertz CT molecular complexity index is 1050. The zero-order valence-electron chi connectivity index (χ0n) is 18.5. The van der Waals surface area contributed by atoms with Gasteiger partial charge in [-0.05, 0) is 49.2 Å². The summed E-state index contributed by atoms with van der Waals surface area (Å²) in [5, 5.41) is 6.36. The number of aryl methyl sites for hydroxylation is 1. The first-order valence-corrected chi connectivity index (χ1v) is 10.4. The lowest BCUT2D eigenvalue weighted by molar-refractivity contribution is -0.143. The van der Waals surface area contributed by atoms with E-state index in [4.69, 9.17) is 27.7 Å². The fraction of sp³-hybridized carbons (Fsp3) is 0.261. The molecule has 0 saturated heterocycles. The molecule has 0 unspecified atom stereocenters. The van der Waals surface area contributed by atoms with Crippen LogP contribution >= 0.6 is 0 Å². The van der Waals surface area contributed by atoms with E-state index in [0.29, 0.717) is 60.0 Å². The zero-order valence-corrected chi connectivity index (χ0v) is 18.5. The number of amides is 2. The summed E-state index contributed by atoms with van der Waals surface area (Å²) in [6, 6.07) is 7.94. The molecule has 2 amide bonds. The first-order chi connectivity index (χ1) is 15.7. The lowest BCUT2D eigenvalue weighted by Gasteiger charge is -2.15. The largest absolute Gasteiger partial charge is 0.466 e. The maximum atomic E-state index is 11.7. The van der Waals surface area contributed by atoms with Gasteiger partial charge in [-0.2, -0.15) is 0 Å². The maximum absolute atomic E-state index is 11.7. The average Bonchev–Trinajstić information content (AvgIpc) is 2.76. The fourth-order valence-corrected chi connectivity index (χ4v) is 3.13. The molecule has 0 aromatic heterocycles. The van der Waals surface area contributed by atoms with Crippen molar-refractivity contribution in [1.29, 1.82) is 0 Å². The molecule has 0 bridgehead atoms. The summed E-state index contributed by atoms with van der Waals surface area (Å²) in [5.74, 6) is -1.47. The van der Waals surface area contributed by atoms with Crippen LogP contribution in [0.5, 0.6) is 0 Å². The lowest BCUT2D eigenvalue weighted by atomic mass is 10.0. The third-order valence-corrected chi connectivity index (χ3v) is 4.75. The van der Waals surface area contributed by atoms with Crippen LogP contribution in [-0.2, 0) is 16.0 Å². The number of carbonyl (C=O) groups excluding carboxylic acids is 3. The highest BCUT2D eigenvalue weighted by Crippen LogP contribution is 2.27. The van der Waals surface area contributed by atoms with Gasteiger partial charge in [-0.25, -0.2) is 0 Å². The van der Waals surface area contributed by atoms with Crippen molar-refractivity contribution in [3.05, 3.63) is 59.2 Å². The summed E-state index contributed by atoms with van der Waals surface area (Å²) in [4.78, 5) is 34.5. The van der Waals surface area contributed by atoms with Crippen LogP contribution in [0.3, 0.4) is 0 Å². The Balaban J connectivity index is 1.99. The van der Waals surface area contributed by atoms with Crippen molar-refractivity contribution in [3.63, 3.8) is 0 Å². The normalized spacial score (nSPS) is 10.7. The van der Waals surface area contributed by atoms with Crippen molar-refractivity contribution in [3.8, 4) is 0 Å². The molecule has 10 heteroatoms. The molecule has 0 aliphatic carbocycles. The minimum atomic E-state index is -0.597. The number of nitrogens with one attached hydrogen (secondary N) is 2. The van der Waals surface area contributed by atoms with Gasteiger partial charge in [0.05, 0.1) is 29.4 Å². The predicted molar refractivity (Wildman–Crippen MR) is 130 cm³/mol. The van der Waals surface area contributed by atoms with E-state index in [1.165, 1.54) is 12.1 Å². The van der Waals surface area contributed by atoms with Crippen LogP contribution in [0, 0.1) is 0 Å². The third-order valence-electron chi connectivity index (χ3n) is 4.75. The molecule has 33 heavy (non-hydrogen) atoms. The van der Waals surface area contributed by atoms with Crippen molar-refractivity contribution < 1.29 is 19.1 Å². The van der Waals surface area contributed by atoms with E-state index >= 15 is 0 Å². The monoisotopic (exact) mass is 454 g/mol. The second-order valence-electron chi connectivity index (χ2n) is 7.17. The van der Waals surface area contributed by atoms with Crippen molar-refractivity contribution in [2.45, 2.75) is 19.8 Å². The van der Waals surface area contributed by atoms with E-state index in [-0.39, 0.29) is 18.0 Å². The molecule has 2 rings (SSSR count). The molecule has 0 aliphatic heterocycles. The number of primary amides is 2. The molecule has 10 N–H and O–H groups in total. The van der Waals surface area contributed by atoms with E-state index in [9.17, 15) is 14.4 Å². The standard InChI is InChI=1S/C23H30N6O4/c1-2-33-20(30)8-6-14-11-16(23(27)32)13-18(25)21(14)29-10-4-3-9-28-19-7-5-15(22(26)31)12-17(19)24/h3-5,7,11-13,28-29H,2,6,8-10,24-25H2,1H3,(H2,26,31)(H2,27,32)/b4-3+. The number of nitrogens with two attached hydrogens (primary N) is 4. The number of rotatable bonds is 12. The van der Waals surface area contributed by atoms with Gasteiger partial charge in [-0.1, -0.05) is 12.2 Å². The molecule has 0 saturated carbocycles. The highest BCUT2D eigenvalue weighted by atomic mass is 16.5. The molecule has 176 valence electrons. The number of hydrogen-bond donors (Lipinski definition) is 6. The predicted octanol–water partition coefficient (Wildman–Crippen LogP) is 1.62. The molecule has 0 fully saturated rings. The summed E-state index contributed by atoms with van der Waals surface area (Å²) in [6.45, 7) is 2.98. The van der Waals surface area contributed by atoms with Gasteiger partial charge in [0.1, 0.15) is 0 Å². The number of ether oxygens (including phenoxy) is 1. The average molecular weight is 455 g/mol. The van der Waals surface area contributed by atoms with E-state index in [1.54, 1.807) is 25.1 Å². The summed E-state index contributed by atoms with van der Waals surface area (Å²) in [6.07, 6.45) is 4.27. The number of carbonyl (C=O) groups is 3. The molecule has 10 nitrogen and oxygen atoms in total. The van der Waals surface area contributed by atoms with Gasteiger partial charge in [0.2, 0.25) is 11.8 Å². The molecule has 2 aromatic rings. The number of benzene rings is 2. The van der Waals surface area contributed by atoms with Crippen LogP contribution < -0.4 is 33.6 Å². The van der Waals surface area contributed by atoms with Crippen LogP contribution in [-0.4, -0.2) is 37.5 Å². The van der Waals surface area contributed by atoms with E-state index in [2.05, 4.69) is 10.6 Å². The van der Waals surface area contributed by atoms with E-state index in [1.807, 2.05) is 12.2 Å². The fourth-order valence-electron chi connectivity index (χ4n) is 3.13. The Kier molecular flexibility index (Phi) is 9.10. The number of hydrogen-bond acceptors (Lipinski definition) is 8. The Labute approximate surface area is 192 Å². The minimum absolute atomic E-state index is 0.153. The van der Waals surface area contributed by atoms with Crippen molar-refractivity contribution in [2.24, 2.45) is 11.5 Å². The zero-order chi connectivity index (χ0) is 24.4. The van der Waals surface area contributed by atoms with Crippen LogP contribution in [0.1, 0.15) is 39.6 Å². The van der Waals surface area contributed by atoms with Crippen LogP contribution in [0.15, 0.2) is 42.5 Å². The highest BCUT2D eigenvalue weighted by molar-refractivity contribution is 5.96. The minimum Gasteiger partial charge on any atom is -0.466 e. The smallest absolute Gasteiger partial charge is 0.306 e. The SMILES string of the molecule is CCOC(=O)CCc1cc(C(N)=O)cc(N)c1NC/C=C/CNc1ccc(C(N)=O)cc1N. The van der Waals surface area contributed by atoms with Crippen LogP contribution in [0.4, 0.5) is 22.7 Å². The molecule has 0 atom stereocenters. The van der Waals surface area contributed by atoms with Gasteiger partial charge in [0.15, 0.2) is 0 Å². The Morgan fingerprint density at radius 2 is 1.55 bits per heavy atom. The van der Waals surface area contributed by atoms with Crippen molar-refractivity contribution in [2.75, 3.05) is 41.8 Å². The summed E-state index contributed by atoms with van der Waals surface area (Å²) >= 11 is 0. The van der Waals surface area contributed by atoms with Gasteiger partial charge in [0.25, 0.3) is 0 Å². The molecular weight excluding hydrogens is 424 g/mol. The molecular formula is C23H30N6O4. The highest BCUT2D eigenvalue weighted by Gasteiger charge is 2.13. The molecule has 0 heterocycles. The van der Waals surface area contributed by atoms with E-state index < -0.39 is 11.8 Å². The van der Waals surface area contributed by atoms with Crippen LogP contribution in [0.2, 0.25) is 0 Å². The summed E-state index contributed by atoms with van der Waals surface area (Å²) < 4.78 is 4.97. The Morgan fingerprint density at radius 1 is 0.909 bits per heavy atom. The summed E-state index contributed by atoms with van der Waals surface area (Å²) in [5.41, 5.74) is 26.1. The Morgan fingerprint density at radius 3 is 2.15 bits per heavy atom. The molecule has 0 aliphatic rings. The topological polar surface area (TPSA) is 189 Å². The first-order valence-electron chi connectivity index (χ1n) is 10.4. The van der Waals surface area contributed by atoms with Gasteiger partial charge in [0, 0.05) is 30.6 Å². The molecule has 0 radical (unpaired) electrons. The van der Waals surface area contributed by atoms with Gasteiger partial charge < -0.3 is 38.3 Å². The third kappa shape index (κ3) is 7.46. The van der Waals surface area contributed by atoms with Crippen LogP contribution in [0.25, 0.3) is 0 Å². The quantitative estimate of drug-likeness (QED) is 0.158. The lowest BCUT2D eigenvalue weighted by Crippen LogP contribution is -2.15. The molecule has 2 aromatic carbocycles. The first kappa shape index (κ1) is 25.1. The number of anilines is 4. The second kappa shape index (κ2) is 12.0. The number of nitrogen functional groups attached to an aromatic ring is 2. The molecule has 0 spiro atoms. The van der Waals surface area contributed by atoms with Gasteiger partial charge in [-0.15, -0.1) is 0 Å². The van der Waals surface area contributed by atoms with E-state index in [0.717, 1.165) is 0 Å². The Hall–Kier alpha value is -4.21.